The maximum atomic E-state index is 11.8. The van der Waals surface area contributed by atoms with Gasteiger partial charge in [0.15, 0.2) is 9.84 Å². The first-order valence-electron chi connectivity index (χ1n) is 6.42. The summed E-state index contributed by atoms with van der Waals surface area (Å²) >= 11 is 0. The fourth-order valence-corrected chi connectivity index (χ4v) is 3.22. The summed E-state index contributed by atoms with van der Waals surface area (Å²) in [5.74, 6) is 0.386. The van der Waals surface area contributed by atoms with Crippen molar-refractivity contribution in [2.75, 3.05) is 24.7 Å². The van der Waals surface area contributed by atoms with E-state index in [9.17, 15) is 8.42 Å². The van der Waals surface area contributed by atoms with Gasteiger partial charge in [0.05, 0.1) is 17.6 Å². The molecule has 1 aliphatic heterocycles. The quantitative estimate of drug-likeness (QED) is 0.753. The molecule has 0 radical (unpaired) electrons. The van der Waals surface area contributed by atoms with Crippen LogP contribution in [0.4, 0.5) is 0 Å². The Morgan fingerprint density at radius 2 is 2.12 bits per heavy atom. The minimum atomic E-state index is -2.98. The molecule has 17 heavy (non-hydrogen) atoms. The molecule has 0 aromatic rings. The zero-order valence-corrected chi connectivity index (χ0v) is 12.0. The van der Waals surface area contributed by atoms with Gasteiger partial charge in [-0.1, -0.05) is 6.92 Å². The van der Waals surface area contributed by atoms with Crippen molar-refractivity contribution in [3.63, 3.8) is 0 Å². The van der Waals surface area contributed by atoms with E-state index in [0.29, 0.717) is 13.2 Å². The smallest absolute Gasteiger partial charge is 0.154 e. The Morgan fingerprint density at radius 3 is 2.65 bits per heavy atom. The van der Waals surface area contributed by atoms with Gasteiger partial charge in [0.1, 0.15) is 0 Å². The minimum Gasteiger partial charge on any atom is -0.377 e. The molecule has 0 aliphatic carbocycles. The number of ether oxygens (including phenoxy) is 1. The van der Waals surface area contributed by atoms with Crippen LogP contribution in [0.2, 0.25) is 0 Å². The van der Waals surface area contributed by atoms with E-state index in [1.807, 2.05) is 0 Å². The van der Waals surface area contributed by atoms with Crippen LogP contribution in [0.1, 0.15) is 40.0 Å². The Bertz CT molecular complexity index is 319. The van der Waals surface area contributed by atoms with Crippen molar-refractivity contribution in [2.24, 2.45) is 0 Å². The molecule has 1 atom stereocenters. The van der Waals surface area contributed by atoms with E-state index >= 15 is 0 Å². The van der Waals surface area contributed by atoms with E-state index < -0.39 is 9.84 Å². The third-order valence-corrected chi connectivity index (χ3v) is 5.07. The molecule has 1 saturated heterocycles. The average molecular weight is 263 g/mol. The molecule has 0 amide bonds. The molecule has 1 heterocycles. The summed E-state index contributed by atoms with van der Waals surface area (Å²) in [5, 5.41) is 3.27. The number of rotatable bonds is 7. The fraction of sp³-hybridized carbons (Fsp3) is 1.00. The Hall–Kier alpha value is -0.130. The first kappa shape index (κ1) is 14.9. The van der Waals surface area contributed by atoms with Crippen LogP contribution in [0, 0.1) is 0 Å². The topological polar surface area (TPSA) is 55.4 Å². The lowest BCUT2D eigenvalue weighted by atomic mass is 10.0. The summed E-state index contributed by atoms with van der Waals surface area (Å²) in [4.78, 5) is 0. The average Bonchev–Trinajstić information content (AvgIpc) is 2.69. The maximum Gasteiger partial charge on any atom is 0.154 e. The highest BCUT2D eigenvalue weighted by Gasteiger charge is 2.23. The van der Waals surface area contributed by atoms with Crippen molar-refractivity contribution >= 4 is 9.84 Å². The second-order valence-electron chi connectivity index (χ2n) is 5.41. The minimum absolute atomic E-state index is 0.0133. The largest absolute Gasteiger partial charge is 0.377 e. The number of hydrogen-bond donors (Lipinski definition) is 1. The molecule has 102 valence electrons. The highest BCUT2D eigenvalue weighted by molar-refractivity contribution is 7.91. The highest BCUT2D eigenvalue weighted by Crippen LogP contribution is 2.14. The van der Waals surface area contributed by atoms with Crippen molar-refractivity contribution in [2.45, 2.75) is 51.7 Å². The van der Waals surface area contributed by atoms with Crippen LogP contribution in [0.15, 0.2) is 0 Å². The summed E-state index contributed by atoms with van der Waals surface area (Å²) in [7, 11) is -2.98. The monoisotopic (exact) mass is 263 g/mol. The third kappa shape index (κ3) is 5.84. The van der Waals surface area contributed by atoms with Crippen LogP contribution in [0.5, 0.6) is 0 Å². The van der Waals surface area contributed by atoms with E-state index in [4.69, 9.17) is 4.74 Å². The molecule has 0 saturated carbocycles. The first-order chi connectivity index (χ1) is 7.85. The lowest BCUT2D eigenvalue weighted by molar-refractivity contribution is 0.127. The van der Waals surface area contributed by atoms with Gasteiger partial charge in [-0.3, -0.25) is 0 Å². The molecule has 1 N–H and O–H groups in total. The van der Waals surface area contributed by atoms with E-state index in [1.165, 1.54) is 0 Å². The second-order valence-corrected chi connectivity index (χ2v) is 7.64. The standard InChI is InChI=1S/C12H25NO3S/c1-4-12(2,3)13-7-9-17(14,15)10-11-6-5-8-16-11/h11,13H,4-10H2,1-3H3. The molecule has 1 unspecified atom stereocenters. The first-order valence-corrected chi connectivity index (χ1v) is 8.24. The number of sulfone groups is 1. The lowest BCUT2D eigenvalue weighted by Crippen LogP contribution is -2.41. The van der Waals surface area contributed by atoms with Gasteiger partial charge in [0.2, 0.25) is 0 Å². The Kier molecular flexibility index (Phi) is 5.41. The van der Waals surface area contributed by atoms with E-state index in [2.05, 4.69) is 26.1 Å². The summed E-state index contributed by atoms with van der Waals surface area (Å²) in [6.45, 7) is 7.49. The molecule has 1 fully saturated rings. The van der Waals surface area contributed by atoms with E-state index in [0.717, 1.165) is 19.3 Å². The Balaban J connectivity index is 2.29. The molecule has 0 aromatic heterocycles. The third-order valence-electron chi connectivity index (χ3n) is 3.36. The van der Waals surface area contributed by atoms with Gasteiger partial charge in [-0.2, -0.15) is 0 Å². The molecule has 4 nitrogen and oxygen atoms in total. The van der Waals surface area contributed by atoms with Crippen LogP contribution in [-0.2, 0) is 14.6 Å². The fourth-order valence-electron chi connectivity index (χ4n) is 1.81. The summed E-state index contributed by atoms with van der Waals surface area (Å²) in [6.07, 6.45) is 2.78. The molecule has 5 heteroatoms. The summed E-state index contributed by atoms with van der Waals surface area (Å²) in [5.41, 5.74) is 0.0133. The molecule has 1 rings (SSSR count). The predicted molar refractivity (Wildman–Crippen MR) is 70.0 cm³/mol. The maximum absolute atomic E-state index is 11.8. The van der Waals surface area contributed by atoms with Crippen LogP contribution >= 0.6 is 0 Å². The number of nitrogens with one attached hydrogen (secondary N) is 1. The highest BCUT2D eigenvalue weighted by atomic mass is 32.2. The van der Waals surface area contributed by atoms with Gasteiger partial charge in [0.25, 0.3) is 0 Å². The van der Waals surface area contributed by atoms with Crippen molar-refractivity contribution in [1.29, 1.82) is 0 Å². The van der Waals surface area contributed by atoms with Crippen molar-refractivity contribution in [1.82, 2.24) is 5.32 Å². The van der Waals surface area contributed by atoms with Gasteiger partial charge in [-0.15, -0.1) is 0 Å². The lowest BCUT2D eigenvalue weighted by Gasteiger charge is -2.24. The molecule has 0 aromatic carbocycles. The predicted octanol–water partition coefficient (Wildman–Crippen LogP) is 1.36. The van der Waals surface area contributed by atoms with Gasteiger partial charge in [0, 0.05) is 18.7 Å². The zero-order valence-electron chi connectivity index (χ0n) is 11.2. The molecule has 1 aliphatic rings. The second kappa shape index (κ2) is 6.16. The van der Waals surface area contributed by atoms with E-state index in [-0.39, 0.29) is 23.1 Å². The summed E-state index contributed by atoms with van der Waals surface area (Å²) in [6, 6.07) is 0. The van der Waals surface area contributed by atoms with Gasteiger partial charge in [-0.25, -0.2) is 8.42 Å². The van der Waals surface area contributed by atoms with Crippen LogP contribution in [-0.4, -0.2) is 44.7 Å². The SMILES string of the molecule is CCC(C)(C)NCCS(=O)(=O)CC1CCCO1. The Labute approximate surface area is 105 Å². The van der Waals surface area contributed by atoms with Crippen LogP contribution < -0.4 is 5.32 Å². The van der Waals surface area contributed by atoms with Gasteiger partial charge < -0.3 is 10.1 Å². The van der Waals surface area contributed by atoms with Gasteiger partial charge >= 0.3 is 0 Å². The van der Waals surface area contributed by atoms with Crippen molar-refractivity contribution in [3.8, 4) is 0 Å². The molecule has 0 spiro atoms. The zero-order chi connectivity index (χ0) is 12.9. The molecular formula is C12H25NO3S. The molecular weight excluding hydrogens is 238 g/mol. The van der Waals surface area contributed by atoms with Crippen molar-refractivity contribution < 1.29 is 13.2 Å². The van der Waals surface area contributed by atoms with Gasteiger partial charge in [-0.05, 0) is 33.1 Å². The number of hydrogen-bond acceptors (Lipinski definition) is 4. The Morgan fingerprint density at radius 1 is 1.41 bits per heavy atom. The van der Waals surface area contributed by atoms with Crippen LogP contribution in [0.3, 0.4) is 0 Å². The van der Waals surface area contributed by atoms with Crippen molar-refractivity contribution in [3.05, 3.63) is 0 Å². The molecule has 0 bridgehead atoms. The summed E-state index contributed by atoms with van der Waals surface area (Å²) < 4.78 is 29.0. The normalized spacial score (nSPS) is 21.9. The van der Waals surface area contributed by atoms with Crippen LogP contribution in [0.25, 0.3) is 0 Å². The van der Waals surface area contributed by atoms with E-state index in [1.54, 1.807) is 0 Å².